The molecule has 3 nitrogen and oxygen atoms in total. The molecule has 17 heavy (non-hydrogen) atoms. The molecule has 0 radical (unpaired) electrons. The van der Waals surface area contributed by atoms with Crippen molar-refractivity contribution in [2.24, 2.45) is 0 Å². The average Bonchev–Trinajstić information content (AvgIpc) is 2.29. The lowest BCUT2D eigenvalue weighted by Crippen LogP contribution is -2.18. The van der Waals surface area contributed by atoms with Gasteiger partial charge in [0.25, 0.3) is 0 Å². The topological polar surface area (TPSA) is 49.9 Å². The lowest BCUT2D eigenvalue weighted by Gasteiger charge is -2.06. The summed E-state index contributed by atoms with van der Waals surface area (Å²) in [4.78, 5) is 27.3. The SMILES string of the molecule is CCCC(=O)c1c(C)[nH]c2ccccc2c1=O. The Morgan fingerprint density at radius 1 is 1.29 bits per heavy atom. The second-order valence-electron chi connectivity index (χ2n) is 4.17. The molecule has 0 aliphatic heterocycles. The van der Waals surface area contributed by atoms with E-state index in [-0.39, 0.29) is 11.2 Å². The highest BCUT2D eigenvalue weighted by atomic mass is 16.1. The Hall–Kier alpha value is -1.90. The number of nitrogens with one attached hydrogen (secondary N) is 1. The molecular weight excluding hydrogens is 214 g/mol. The van der Waals surface area contributed by atoms with Gasteiger partial charge in [0, 0.05) is 23.0 Å². The van der Waals surface area contributed by atoms with Crippen molar-refractivity contribution in [2.45, 2.75) is 26.7 Å². The fourth-order valence-electron chi connectivity index (χ4n) is 2.05. The monoisotopic (exact) mass is 229 g/mol. The number of hydrogen-bond donors (Lipinski definition) is 1. The van der Waals surface area contributed by atoms with Crippen LogP contribution in [0.1, 0.15) is 35.8 Å². The van der Waals surface area contributed by atoms with Crippen LogP contribution in [-0.2, 0) is 0 Å². The Bertz CT molecular complexity index is 626. The highest BCUT2D eigenvalue weighted by Gasteiger charge is 2.15. The Kier molecular flexibility index (Phi) is 3.09. The molecule has 0 aliphatic rings. The number of carbonyl (C=O) groups excluding carboxylic acids is 1. The molecule has 2 rings (SSSR count). The molecule has 1 aromatic heterocycles. The number of aromatic nitrogens is 1. The molecule has 0 atom stereocenters. The highest BCUT2D eigenvalue weighted by molar-refractivity contribution is 5.99. The van der Waals surface area contributed by atoms with Gasteiger partial charge >= 0.3 is 0 Å². The first kappa shape index (κ1) is 11.6. The minimum Gasteiger partial charge on any atom is -0.358 e. The van der Waals surface area contributed by atoms with Crippen LogP contribution in [-0.4, -0.2) is 10.8 Å². The van der Waals surface area contributed by atoms with Crippen LogP contribution < -0.4 is 5.43 Å². The van der Waals surface area contributed by atoms with Gasteiger partial charge in [0.2, 0.25) is 0 Å². The summed E-state index contributed by atoms with van der Waals surface area (Å²) in [5.41, 5.74) is 1.59. The van der Waals surface area contributed by atoms with Crippen molar-refractivity contribution in [1.29, 1.82) is 0 Å². The van der Waals surface area contributed by atoms with Crippen molar-refractivity contribution in [3.63, 3.8) is 0 Å². The van der Waals surface area contributed by atoms with Crippen molar-refractivity contribution in [2.75, 3.05) is 0 Å². The van der Waals surface area contributed by atoms with E-state index in [2.05, 4.69) is 4.98 Å². The van der Waals surface area contributed by atoms with Crippen molar-refractivity contribution < 1.29 is 4.79 Å². The number of carbonyl (C=O) groups is 1. The van der Waals surface area contributed by atoms with E-state index in [0.717, 1.165) is 11.9 Å². The quantitative estimate of drug-likeness (QED) is 0.823. The number of pyridine rings is 1. The molecule has 3 heteroatoms. The molecule has 0 saturated carbocycles. The maximum absolute atomic E-state index is 12.2. The second kappa shape index (κ2) is 4.53. The van der Waals surface area contributed by atoms with Gasteiger partial charge in [0.1, 0.15) is 0 Å². The van der Waals surface area contributed by atoms with Gasteiger partial charge in [-0.2, -0.15) is 0 Å². The number of aromatic amines is 1. The second-order valence-corrected chi connectivity index (χ2v) is 4.17. The number of rotatable bonds is 3. The zero-order valence-corrected chi connectivity index (χ0v) is 10.0. The van der Waals surface area contributed by atoms with Gasteiger partial charge in [-0.05, 0) is 25.5 Å². The molecule has 1 aromatic carbocycles. The number of para-hydroxylation sites is 1. The first-order valence-corrected chi connectivity index (χ1v) is 5.80. The van der Waals surface area contributed by atoms with Gasteiger partial charge in [-0.25, -0.2) is 0 Å². The Balaban J connectivity index is 2.72. The number of fused-ring (bicyclic) bond motifs is 1. The lowest BCUT2D eigenvalue weighted by molar-refractivity contribution is 0.0980. The Labute approximate surface area is 99.5 Å². The molecule has 0 fully saturated rings. The molecule has 88 valence electrons. The van der Waals surface area contributed by atoms with Crippen molar-refractivity contribution in [3.8, 4) is 0 Å². The van der Waals surface area contributed by atoms with E-state index in [1.807, 2.05) is 19.1 Å². The Morgan fingerprint density at radius 2 is 2.00 bits per heavy atom. The molecule has 0 aliphatic carbocycles. The number of ketones is 1. The predicted molar refractivity (Wildman–Crippen MR) is 68.5 cm³/mol. The van der Waals surface area contributed by atoms with E-state index in [1.165, 1.54) is 0 Å². The van der Waals surface area contributed by atoms with Crippen molar-refractivity contribution in [3.05, 3.63) is 45.7 Å². The summed E-state index contributed by atoms with van der Waals surface area (Å²) in [5.74, 6) is -0.0722. The zero-order chi connectivity index (χ0) is 12.4. The van der Waals surface area contributed by atoms with Crippen LogP contribution in [0.15, 0.2) is 29.1 Å². The van der Waals surface area contributed by atoms with Crippen LogP contribution in [0.25, 0.3) is 10.9 Å². The highest BCUT2D eigenvalue weighted by Crippen LogP contribution is 2.12. The fourth-order valence-corrected chi connectivity index (χ4v) is 2.05. The first-order chi connectivity index (χ1) is 8.15. The van der Waals surface area contributed by atoms with E-state index < -0.39 is 0 Å². The molecule has 1 N–H and O–H groups in total. The predicted octanol–water partition coefficient (Wildman–Crippen LogP) is 2.82. The third-order valence-electron chi connectivity index (χ3n) is 2.85. The van der Waals surface area contributed by atoms with Crippen LogP contribution in [0, 0.1) is 6.92 Å². The smallest absolute Gasteiger partial charge is 0.200 e. The minimum atomic E-state index is -0.157. The molecule has 2 aromatic rings. The van der Waals surface area contributed by atoms with E-state index in [1.54, 1.807) is 19.1 Å². The van der Waals surface area contributed by atoms with Crippen molar-refractivity contribution in [1.82, 2.24) is 4.98 Å². The number of H-pyrrole nitrogens is 1. The van der Waals surface area contributed by atoms with Crippen LogP contribution in [0.3, 0.4) is 0 Å². The summed E-state index contributed by atoms with van der Waals surface area (Å²) in [6.45, 7) is 3.71. The van der Waals surface area contributed by atoms with E-state index >= 15 is 0 Å². The molecule has 0 unspecified atom stereocenters. The molecule has 0 saturated heterocycles. The maximum atomic E-state index is 12.2. The van der Waals surface area contributed by atoms with Gasteiger partial charge in [-0.15, -0.1) is 0 Å². The first-order valence-electron chi connectivity index (χ1n) is 5.80. The van der Waals surface area contributed by atoms with Crippen LogP contribution >= 0.6 is 0 Å². The summed E-state index contributed by atoms with van der Waals surface area (Å²) >= 11 is 0. The summed E-state index contributed by atoms with van der Waals surface area (Å²) in [6, 6.07) is 7.26. The van der Waals surface area contributed by atoms with Gasteiger partial charge in [-0.3, -0.25) is 9.59 Å². The normalized spacial score (nSPS) is 10.7. The minimum absolute atomic E-state index is 0.0722. The third kappa shape index (κ3) is 2.00. The van der Waals surface area contributed by atoms with Crippen LogP contribution in [0.2, 0.25) is 0 Å². The molecule has 1 heterocycles. The summed E-state index contributed by atoms with van der Waals surface area (Å²) in [7, 11) is 0. The fraction of sp³-hybridized carbons (Fsp3) is 0.286. The molecule has 0 spiro atoms. The Morgan fingerprint density at radius 3 is 2.71 bits per heavy atom. The molecule has 0 bridgehead atoms. The number of hydrogen-bond acceptors (Lipinski definition) is 2. The molecule has 0 amide bonds. The third-order valence-corrected chi connectivity index (χ3v) is 2.85. The molecular formula is C14H15NO2. The van der Waals surface area contributed by atoms with Crippen LogP contribution in [0.4, 0.5) is 0 Å². The van der Waals surface area contributed by atoms with E-state index in [9.17, 15) is 9.59 Å². The summed E-state index contributed by atoms with van der Waals surface area (Å²) in [5, 5.41) is 0.581. The number of aryl methyl sites for hydroxylation is 1. The van der Waals surface area contributed by atoms with Gasteiger partial charge in [-0.1, -0.05) is 19.1 Å². The van der Waals surface area contributed by atoms with E-state index in [4.69, 9.17) is 0 Å². The zero-order valence-electron chi connectivity index (χ0n) is 10.0. The van der Waals surface area contributed by atoms with Gasteiger partial charge in [0.15, 0.2) is 11.2 Å². The van der Waals surface area contributed by atoms with Gasteiger partial charge < -0.3 is 4.98 Å². The standard InChI is InChI=1S/C14H15NO2/c1-3-6-12(16)13-9(2)15-11-8-5-4-7-10(11)14(13)17/h4-5,7-8H,3,6H2,1-2H3,(H,15,17). The number of Topliss-reactive ketones (excluding diaryl/α,β-unsaturated/α-hetero) is 1. The van der Waals surface area contributed by atoms with Crippen LogP contribution in [0.5, 0.6) is 0 Å². The number of benzene rings is 1. The average molecular weight is 229 g/mol. The summed E-state index contributed by atoms with van der Waals surface area (Å²) < 4.78 is 0. The van der Waals surface area contributed by atoms with Gasteiger partial charge in [0.05, 0.1) is 5.56 Å². The maximum Gasteiger partial charge on any atom is 0.200 e. The van der Waals surface area contributed by atoms with E-state index in [0.29, 0.717) is 23.1 Å². The van der Waals surface area contributed by atoms with Crippen molar-refractivity contribution >= 4 is 16.7 Å². The lowest BCUT2D eigenvalue weighted by atomic mass is 10.0. The largest absolute Gasteiger partial charge is 0.358 e. The summed E-state index contributed by atoms with van der Waals surface area (Å²) in [6.07, 6.45) is 1.17.